The van der Waals surface area contributed by atoms with Gasteiger partial charge in [-0.1, -0.05) is 44.9 Å². The molecular weight excluding hydrogens is 248 g/mol. The molecule has 3 heteroatoms. The van der Waals surface area contributed by atoms with Crippen molar-refractivity contribution in [3.05, 3.63) is 41.1 Å². The summed E-state index contributed by atoms with van der Waals surface area (Å²) < 4.78 is 1.70. The average Bonchev–Trinajstić information content (AvgIpc) is 2.75. The van der Waals surface area contributed by atoms with E-state index in [0.29, 0.717) is 5.88 Å². The molecule has 1 aromatic heterocycles. The Morgan fingerprint density at radius 1 is 1.10 bits per heavy atom. The summed E-state index contributed by atoms with van der Waals surface area (Å²) in [5.74, 6) is 0.312. The van der Waals surface area contributed by atoms with Gasteiger partial charge in [0, 0.05) is 5.56 Å². The normalized spacial score (nSPS) is 10.9. The van der Waals surface area contributed by atoms with E-state index in [1.807, 2.05) is 31.2 Å². The van der Waals surface area contributed by atoms with Gasteiger partial charge in [-0.2, -0.15) is 5.10 Å². The molecule has 1 N–H and O–H groups in total. The molecule has 0 bridgehead atoms. The summed E-state index contributed by atoms with van der Waals surface area (Å²) in [7, 11) is 0. The quantitative estimate of drug-likeness (QED) is 0.856. The van der Waals surface area contributed by atoms with Gasteiger partial charge in [0.15, 0.2) is 0 Å². The summed E-state index contributed by atoms with van der Waals surface area (Å²) in [4.78, 5) is 0. The zero-order chi connectivity index (χ0) is 14.5. The Bertz CT molecular complexity index is 572. The van der Waals surface area contributed by atoms with Crippen LogP contribution in [0.15, 0.2) is 24.3 Å². The molecule has 0 atom stereocenters. The minimum absolute atomic E-state index is 0.312. The molecule has 1 aromatic carbocycles. The van der Waals surface area contributed by atoms with Crippen LogP contribution in [0.3, 0.4) is 0 Å². The second-order valence-corrected chi connectivity index (χ2v) is 5.30. The lowest BCUT2D eigenvalue weighted by Gasteiger charge is -2.06. The highest BCUT2D eigenvalue weighted by Crippen LogP contribution is 2.28. The van der Waals surface area contributed by atoms with Crippen LogP contribution in [0.1, 0.15) is 49.9 Å². The Balaban J connectivity index is 2.46. The Morgan fingerprint density at radius 2 is 1.85 bits per heavy atom. The van der Waals surface area contributed by atoms with Crippen molar-refractivity contribution in [3.8, 4) is 11.6 Å². The molecule has 0 aliphatic heterocycles. The smallest absolute Gasteiger partial charge is 0.217 e. The molecule has 20 heavy (non-hydrogen) atoms. The van der Waals surface area contributed by atoms with E-state index in [4.69, 9.17) is 0 Å². The van der Waals surface area contributed by atoms with E-state index in [-0.39, 0.29) is 0 Å². The molecule has 0 saturated carbocycles. The lowest BCUT2D eigenvalue weighted by atomic mass is 10.1. The summed E-state index contributed by atoms with van der Waals surface area (Å²) in [5, 5.41) is 15.2. The van der Waals surface area contributed by atoms with Gasteiger partial charge >= 0.3 is 0 Å². The summed E-state index contributed by atoms with van der Waals surface area (Å²) in [6, 6.07) is 8.03. The third-order valence-corrected chi connectivity index (χ3v) is 3.65. The van der Waals surface area contributed by atoms with Crippen molar-refractivity contribution in [1.82, 2.24) is 9.78 Å². The summed E-state index contributed by atoms with van der Waals surface area (Å²) in [6.07, 6.45) is 5.10. The van der Waals surface area contributed by atoms with Crippen LogP contribution >= 0.6 is 0 Å². The number of benzene rings is 1. The molecular formula is C17H24N2O. The molecule has 0 radical (unpaired) electrons. The second kappa shape index (κ2) is 6.60. The molecule has 2 rings (SSSR count). The Kier molecular flexibility index (Phi) is 4.83. The van der Waals surface area contributed by atoms with Crippen molar-refractivity contribution in [2.75, 3.05) is 0 Å². The van der Waals surface area contributed by atoms with Crippen molar-refractivity contribution in [2.24, 2.45) is 0 Å². The third-order valence-electron chi connectivity index (χ3n) is 3.65. The van der Waals surface area contributed by atoms with Crippen molar-refractivity contribution < 1.29 is 5.11 Å². The highest BCUT2D eigenvalue weighted by atomic mass is 16.3. The van der Waals surface area contributed by atoms with E-state index in [9.17, 15) is 5.11 Å². The predicted molar refractivity (Wildman–Crippen MR) is 82.6 cm³/mol. The minimum Gasteiger partial charge on any atom is -0.493 e. The maximum Gasteiger partial charge on any atom is 0.217 e. The molecule has 0 spiro atoms. The third kappa shape index (κ3) is 2.87. The number of hydrogen-bond donors (Lipinski definition) is 1. The van der Waals surface area contributed by atoms with Crippen LogP contribution in [0.5, 0.6) is 5.88 Å². The van der Waals surface area contributed by atoms with Crippen LogP contribution in [0, 0.1) is 6.92 Å². The van der Waals surface area contributed by atoms with Gasteiger partial charge in [-0.3, -0.25) is 0 Å². The zero-order valence-corrected chi connectivity index (χ0v) is 12.7. The zero-order valence-electron chi connectivity index (χ0n) is 12.7. The average molecular weight is 272 g/mol. The highest BCUT2D eigenvalue weighted by molar-refractivity contribution is 5.45. The minimum atomic E-state index is 0.312. The Labute approximate surface area is 121 Å². The fourth-order valence-corrected chi connectivity index (χ4v) is 2.51. The van der Waals surface area contributed by atoms with E-state index in [2.05, 4.69) is 18.9 Å². The van der Waals surface area contributed by atoms with Gasteiger partial charge in [-0.15, -0.1) is 0 Å². The number of para-hydroxylation sites is 1. The van der Waals surface area contributed by atoms with Gasteiger partial charge in [0.05, 0.1) is 11.4 Å². The predicted octanol–water partition coefficient (Wildman–Crippen LogP) is 4.18. The number of rotatable bonds is 6. The van der Waals surface area contributed by atoms with Gasteiger partial charge in [-0.25, -0.2) is 4.68 Å². The highest BCUT2D eigenvalue weighted by Gasteiger charge is 2.17. The van der Waals surface area contributed by atoms with E-state index >= 15 is 0 Å². The number of aromatic nitrogens is 2. The van der Waals surface area contributed by atoms with Crippen LogP contribution in [0.2, 0.25) is 0 Å². The van der Waals surface area contributed by atoms with Gasteiger partial charge < -0.3 is 5.11 Å². The van der Waals surface area contributed by atoms with Gasteiger partial charge in [0.1, 0.15) is 0 Å². The van der Waals surface area contributed by atoms with Gasteiger partial charge in [-0.05, 0) is 37.8 Å². The second-order valence-electron chi connectivity index (χ2n) is 5.30. The van der Waals surface area contributed by atoms with Gasteiger partial charge in [0.25, 0.3) is 0 Å². The number of aromatic hydroxyl groups is 1. The monoisotopic (exact) mass is 272 g/mol. The molecule has 0 saturated heterocycles. The summed E-state index contributed by atoms with van der Waals surface area (Å²) >= 11 is 0. The van der Waals surface area contributed by atoms with Crippen LogP contribution < -0.4 is 0 Å². The maximum atomic E-state index is 10.5. The molecule has 0 aliphatic carbocycles. The van der Waals surface area contributed by atoms with E-state index < -0.39 is 0 Å². The maximum absolute atomic E-state index is 10.5. The lowest BCUT2D eigenvalue weighted by Crippen LogP contribution is -1.99. The summed E-state index contributed by atoms with van der Waals surface area (Å²) in [5.41, 5.74) is 4.15. The van der Waals surface area contributed by atoms with Crippen LogP contribution in [-0.2, 0) is 12.8 Å². The van der Waals surface area contributed by atoms with E-state index in [0.717, 1.165) is 54.6 Å². The molecule has 108 valence electrons. The fourth-order valence-electron chi connectivity index (χ4n) is 2.51. The van der Waals surface area contributed by atoms with Gasteiger partial charge in [0.2, 0.25) is 5.88 Å². The molecule has 0 aliphatic rings. The standard InChI is InChI=1S/C17H24N2O/c1-4-6-11-15-14(9-5-2)17(20)19(18-15)16-12-8-7-10-13(16)3/h7-8,10,12,20H,4-6,9,11H2,1-3H3. The molecule has 3 nitrogen and oxygen atoms in total. The topological polar surface area (TPSA) is 38.0 Å². The Morgan fingerprint density at radius 3 is 2.50 bits per heavy atom. The van der Waals surface area contributed by atoms with Crippen LogP contribution in [-0.4, -0.2) is 14.9 Å². The number of unbranched alkanes of at least 4 members (excludes halogenated alkanes) is 1. The first-order chi connectivity index (χ1) is 9.69. The first-order valence-electron chi connectivity index (χ1n) is 7.54. The summed E-state index contributed by atoms with van der Waals surface area (Å²) in [6.45, 7) is 6.35. The van der Waals surface area contributed by atoms with E-state index in [1.54, 1.807) is 4.68 Å². The lowest BCUT2D eigenvalue weighted by molar-refractivity contribution is 0.427. The van der Waals surface area contributed by atoms with Crippen molar-refractivity contribution in [3.63, 3.8) is 0 Å². The SMILES string of the molecule is CCCCc1nn(-c2ccccc2C)c(O)c1CCC. The van der Waals surface area contributed by atoms with Crippen molar-refractivity contribution in [1.29, 1.82) is 0 Å². The van der Waals surface area contributed by atoms with E-state index in [1.165, 1.54) is 0 Å². The number of hydrogen-bond acceptors (Lipinski definition) is 2. The first-order valence-corrected chi connectivity index (χ1v) is 7.54. The molecule has 1 heterocycles. The van der Waals surface area contributed by atoms with Crippen molar-refractivity contribution >= 4 is 0 Å². The van der Waals surface area contributed by atoms with Crippen LogP contribution in [0.25, 0.3) is 5.69 Å². The number of aryl methyl sites for hydroxylation is 2. The molecule has 2 aromatic rings. The molecule has 0 fully saturated rings. The molecule has 0 amide bonds. The molecule has 0 unspecified atom stereocenters. The largest absolute Gasteiger partial charge is 0.493 e. The Hall–Kier alpha value is -1.77. The first kappa shape index (κ1) is 14.6. The van der Waals surface area contributed by atoms with Crippen LogP contribution in [0.4, 0.5) is 0 Å². The van der Waals surface area contributed by atoms with Crippen molar-refractivity contribution in [2.45, 2.75) is 52.9 Å². The fraction of sp³-hybridized carbons (Fsp3) is 0.471. The number of nitrogens with zero attached hydrogens (tertiary/aromatic N) is 2.